The van der Waals surface area contributed by atoms with Crippen LogP contribution in [0.5, 0.6) is 11.5 Å². The van der Waals surface area contributed by atoms with Crippen LogP contribution < -0.4 is 15.2 Å². The van der Waals surface area contributed by atoms with Crippen molar-refractivity contribution in [3.8, 4) is 11.5 Å². The summed E-state index contributed by atoms with van der Waals surface area (Å²) in [6, 6.07) is 1.71. The Morgan fingerprint density at radius 3 is 2.25 bits per heavy atom. The molecule has 0 aliphatic carbocycles. The van der Waals surface area contributed by atoms with Crippen molar-refractivity contribution in [2.24, 2.45) is 5.73 Å². The van der Waals surface area contributed by atoms with Crippen molar-refractivity contribution in [3.05, 3.63) is 17.7 Å². The second-order valence-corrected chi connectivity index (χ2v) is 6.19. The molecule has 1 aromatic rings. The first-order valence-electron chi connectivity index (χ1n) is 5.64. The summed E-state index contributed by atoms with van der Waals surface area (Å²) in [4.78, 5) is 10.8. The van der Waals surface area contributed by atoms with Gasteiger partial charge in [-0.2, -0.15) is 0 Å². The number of benzene rings is 1. The van der Waals surface area contributed by atoms with Crippen LogP contribution in [0.4, 0.5) is 0 Å². The van der Waals surface area contributed by atoms with Crippen LogP contribution in [0.3, 0.4) is 0 Å². The number of ether oxygens (including phenoxy) is 2. The molecule has 0 aliphatic heterocycles. The van der Waals surface area contributed by atoms with Gasteiger partial charge >= 0.3 is 5.97 Å². The van der Waals surface area contributed by atoms with Crippen LogP contribution in [0.2, 0.25) is 0 Å². The first kappa shape index (κ1) is 16.3. The second kappa shape index (κ2) is 6.10. The zero-order chi connectivity index (χ0) is 15.5. The van der Waals surface area contributed by atoms with E-state index in [1.807, 2.05) is 0 Å². The lowest BCUT2D eigenvalue weighted by molar-refractivity contribution is -0.138. The largest absolute Gasteiger partial charge is 0.493 e. The molecule has 0 heterocycles. The number of nitrogens with two attached hydrogens (primary N) is 1. The molecule has 1 unspecified atom stereocenters. The molecule has 0 bridgehead atoms. The van der Waals surface area contributed by atoms with Crippen LogP contribution in [0.25, 0.3) is 0 Å². The third-order valence-electron chi connectivity index (χ3n) is 2.72. The van der Waals surface area contributed by atoms with E-state index in [4.69, 9.17) is 20.3 Å². The summed E-state index contributed by atoms with van der Waals surface area (Å²) in [6.45, 7) is 0. The van der Waals surface area contributed by atoms with Crippen molar-refractivity contribution < 1.29 is 27.8 Å². The van der Waals surface area contributed by atoms with Crippen LogP contribution in [0, 0.1) is 0 Å². The molecule has 0 spiro atoms. The summed E-state index contributed by atoms with van der Waals surface area (Å²) in [7, 11) is -0.832. The number of methoxy groups -OCH3 is 2. The maximum atomic E-state index is 11.7. The van der Waals surface area contributed by atoms with Crippen molar-refractivity contribution in [2.45, 2.75) is 17.4 Å². The average molecular weight is 303 g/mol. The maximum absolute atomic E-state index is 11.7. The first-order chi connectivity index (χ1) is 9.22. The van der Waals surface area contributed by atoms with Gasteiger partial charge in [0.1, 0.15) is 10.9 Å². The zero-order valence-electron chi connectivity index (χ0n) is 11.4. The normalized spacial score (nSPS) is 12.8. The maximum Gasteiger partial charge on any atom is 0.320 e. The number of carboxylic acid groups (broad SMARTS) is 1. The molecule has 1 atom stereocenters. The summed E-state index contributed by atoms with van der Waals surface area (Å²) in [5.74, 6) is -0.935. The molecule has 0 radical (unpaired) electrons. The van der Waals surface area contributed by atoms with Gasteiger partial charge in [0.15, 0.2) is 21.3 Å². The van der Waals surface area contributed by atoms with Crippen LogP contribution in [0.15, 0.2) is 17.0 Å². The van der Waals surface area contributed by atoms with Gasteiger partial charge in [0, 0.05) is 18.2 Å². The van der Waals surface area contributed by atoms with E-state index < -0.39 is 21.8 Å². The van der Waals surface area contributed by atoms with E-state index in [1.165, 1.54) is 26.4 Å². The summed E-state index contributed by atoms with van der Waals surface area (Å²) < 4.78 is 33.6. The van der Waals surface area contributed by atoms with Crippen LogP contribution >= 0.6 is 0 Å². The van der Waals surface area contributed by atoms with Gasteiger partial charge < -0.3 is 20.3 Å². The SMILES string of the molecule is COc1c(CC(N)C(=O)O)ccc(S(C)(=O)=O)c1OC. The highest BCUT2D eigenvalue weighted by atomic mass is 32.2. The smallest absolute Gasteiger partial charge is 0.320 e. The Labute approximate surface area is 117 Å². The number of hydrogen-bond donors (Lipinski definition) is 2. The Balaban J connectivity index is 3.40. The molecule has 0 saturated carbocycles. The van der Waals surface area contributed by atoms with Gasteiger partial charge in [-0.3, -0.25) is 4.79 Å². The molecule has 0 aliphatic rings. The van der Waals surface area contributed by atoms with E-state index in [0.29, 0.717) is 5.56 Å². The van der Waals surface area contributed by atoms with Crippen molar-refractivity contribution in [1.29, 1.82) is 0 Å². The molecule has 7 nitrogen and oxygen atoms in total. The van der Waals surface area contributed by atoms with Crippen molar-refractivity contribution in [3.63, 3.8) is 0 Å². The fraction of sp³-hybridized carbons (Fsp3) is 0.417. The molecular weight excluding hydrogens is 286 g/mol. The standard InChI is InChI=1S/C12H17NO6S/c1-18-10-7(6-8(13)12(14)15)4-5-9(11(10)19-2)20(3,16)17/h4-5,8H,6,13H2,1-3H3,(H,14,15). The molecule has 1 aromatic carbocycles. The topological polar surface area (TPSA) is 116 Å². The van der Waals surface area contributed by atoms with E-state index >= 15 is 0 Å². The Morgan fingerprint density at radius 2 is 1.85 bits per heavy atom. The predicted molar refractivity (Wildman–Crippen MR) is 72.0 cm³/mol. The van der Waals surface area contributed by atoms with E-state index in [9.17, 15) is 13.2 Å². The molecule has 0 amide bonds. The third kappa shape index (κ3) is 3.40. The van der Waals surface area contributed by atoms with Gasteiger partial charge in [-0.15, -0.1) is 0 Å². The molecule has 3 N–H and O–H groups in total. The Kier molecular flexibility index (Phi) is 4.96. The predicted octanol–water partition coefficient (Wildman–Crippen LogP) is 0.0617. The van der Waals surface area contributed by atoms with E-state index in [0.717, 1.165) is 6.26 Å². The van der Waals surface area contributed by atoms with Gasteiger partial charge in [0.2, 0.25) is 0 Å². The third-order valence-corrected chi connectivity index (χ3v) is 3.84. The molecule has 112 valence electrons. The van der Waals surface area contributed by atoms with Crippen molar-refractivity contribution in [2.75, 3.05) is 20.5 Å². The van der Waals surface area contributed by atoms with E-state index in [2.05, 4.69) is 0 Å². The number of sulfone groups is 1. The Hall–Kier alpha value is -1.80. The molecule has 20 heavy (non-hydrogen) atoms. The van der Waals surface area contributed by atoms with E-state index in [-0.39, 0.29) is 22.8 Å². The molecule has 1 rings (SSSR count). The first-order valence-corrected chi connectivity index (χ1v) is 7.53. The zero-order valence-corrected chi connectivity index (χ0v) is 12.2. The van der Waals surface area contributed by atoms with E-state index in [1.54, 1.807) is 0 Å². The highest BCUT2D eigenvalue weighted by molar-refractivity contribution is 7.90. The quantitative estimate of drug-likeness (QED) is 0.763. The minimum atomic E-state index is -3.49. The lowest BCUT2D eigenvalue weighted by Crippen LogP contribution is -2.32. The number of aliphatic carboxylic acids is 1. The fourth-order valence-corrected chi connectivity index (χ4v) is 2.61. The molecule has 0 saturated heterocycles. The molecule has 0 fully saturated rings. The van der Waals surface area contributed by atoms with Gasteiger partial charge in [-0.25, -0.2) is 8.42 Å². The van der Waals surface area contributed by atoms with Gasteiger partial charge in [-0.05, 0) is 6.07 Å². The molecule has 0 aromatic heterocycles. The average Bonchev–Trinajstić information content (AvgIpc) is 2.36. The summed E-state index contributed by atoms with van der Waals surface area (Å²) >= 11 is 0. The number of carboxylic acids is 1. The molecule has 8 heteroatoms. The molecular formula is C12H17NO6S. The van der Waals surface area contributed by atoms with Gasteiger partial charge in [0.25, 0.3) is 0 Å². The second-order valence-electron chi connectivity index (χ2n) is 4.21. The number of hydrogen-bond acceptors (Lipinski definition) is 6. The lowest BCUT2D eigenvalue weighted by atomic mass is 10.0. The minimum absolute atomic E-state index is 0.00108. The monoisotopic (exact) mass is 303 g/mol. The fourth-order valence-electron chi connectivity index (χ4n) is 1.78. The van der Waals surface area contributed by atoms with Crippen LogP contribution in [-0.4, -0.2) is 46.0 Å². The lowest BCUT2D eigenvalue weighted by Gasteiger charge is -2.16. The number of rotatable bonds is 6. The summed E-state index contributed by atoms with van der Waals surface area (Å²) in [5.41, 5.74) is 5.94. The number of carbonyl (C=O) groups is 1. The van der Waals surface area contributed by atoms with Crippen LogP contribution in [-0.2, 0) is 21.1 Å². The summed E-state index contributed by atoms with van der Waals surface area (Å²) in [6.07, 6.45) is 1.05. The highest BCUT2D eigenvalue weighted by Gasteiger charge is 2.23. The Morgan fingerprint density at radius 1 is 1.30 bits per heavy atom. The van der Waals surface area contributed by atoms with Crippen molar-refractivity contribution >= 4 is 15.8 Å². The Bertz CT molecular complexity index is 611. The van der Waals surface area contributed by atoms with Crippen molar-refractivity contribution in [1.82, 2.24) is 0 Å². The van der Waals surface area contributed by atoms with Gasteiger partial charge in [0.05, 0.1) is 14.2 Å². The summed E-state index contributed by atoms with van der Waals surface area (Å²) in [5, 5.41) is 8.82. The highest BCUT2D eigenvalue weighted by Crippen LogP contribution is 2.37. The van der Waals surface area contributed by atoms with Gasteiger partial charge in [-0.1, -0.05) is 6.07 Å². The van der Waals surface area contributed by atoms with Crippen LogP contribution in [0.1, 0.15) is 5.56 Å². The minimum Gasteiger partial charge on any atom is -0.493 e.